The van der Waals surface area contributed by atoms with E-state index in [-0.39, 0.29) is 28.0 Å². The third kappa shape index (κ3) is 4.43. The molecule has 1 aliphatic heterocycles. The zero-order chi connectivity index (χ0) is 25.2. The summed E-state index contributed by atoms with van der Waals surface area (Å²) in [4.78, 5) is 43.6. The molecule has 0 saturated heterocycles. The highest BCUT2D eigenvalue weighted by molar-refractivity contribution is 7.10. The van der Waals surface area contributed by atoms with Gasteiger partial charge in [0.15, 0.2) is 4.80 Å². The van der Waals surface area contributed by atoms with Crippen LogP contribution >= 0.6 is 22.7 Å². The molecule has 0 radical (unpaired) electrons. The summed E-state index contributed by atoms with van der Waals surface area (Å²) < 4.78 is 7.38. The normalized spacial score (nSPS) is 15.4. The van der Waals surface area contributed by atoms with Gasteiger partial charge in [0, 0.05) is 10.9 Å². The predicted octanol–water partition coefficient (Wildman–Crippen LogP) is 3.95. The van der Waals surface area contributed by atoms with Gasteiger partial charge in [0.05, 0.1) is 26.3 Å². The molecule has 1 atom stereocenters. The van der Waals surface area contributed by atoms with Crippen molar-refractivity contribution in [1.82, 2.24) is 4.57 Å². The second kappa shape index (κ2) is 9.84. The van der Waals surface area contributed by atoms with Gasteiger partial charge in [0.25, 0.3) is 11.2 Å². The summed E-state index contributed by atoms with van der Waals surface area (Å²) in [5, 5.41) is 13.3. The van der Waals surface area contributed by atoms with Crippen LogP contribution in [0.25, 0.3) is 6.08 Å². The van der Waals surface area contributed by atoms with E-state index in [1.165, 1.54) is 28.0 Å². The molecular weight excluding hydrogens is 498 g/mol. The minimum atomic E-state index is -0.711. The molecule has 36 heavy (non-hydrogen) atoms. The van der Waals surface area contributed by atoms with Gasteiger partial charge in [-0.15, -0.1) is 11.3 Å². The Labute approximate surface area is 212 Å². The molecule has 0 aliphatic carbocycles. The fourth-order valence-corrected chi connectivity index (χ4v) is 5.88. The minimum Gasteiger partial charge on any atom is -0.457 e. The highest BCUT2D eigenvalue weighted by Crippen LogP contribution is 2.33. The molecule has 4 aromatic rings. The average molecular weight is 518 g/mol. The van der Waals surface area contributed by atoms with Crippen LogP contribution in [0.15, 0.2) is 93.2 Å². The fourth-order valence-electron chi connectivity index (χ4n) is 4.02. The number of carbonyl (C=O) groups excluding carboxylic acids is 1. The highest BCUT2D eigenvalue weighted by Gasteiger charge is 2.34. The number of ether oxygens (including phenoxy) is 1. The van der Waals surface area contributed by atoms with Gasteiger partial charge < -0.3 is 4.74 Å². The number of hydrogen-bond acceptors (Lipinski definition) is 8. The predicted molar refractivity (Wildman–Crippen MR) is 137 cm³/mol. The Kier molecular flexibility index (Phi) is 6.45. The van der Waals surface area contributed by atoms with Crippen LogP contribution in [0.5, 0.6) is 0 Å². The molecule has 0 fully saturated rings. The van der Waals surface area contributed by atoms with Crippen molar-refractivity contribution in [1.29, 1.82) is 0 Å². The van der Waals surface area contributed by atoms with E-state index in [1.807, 2.05) is 47.8 Å². The third-order valence-electron chi connectivity index (χ3n) is 5.69. The number of allylic oxidation sites excluding steroid dienone is 1. The van der Waals surface area contributed by atoms with Crippen LogP contribution in [0.3, 0.4) is 0 Å². The number of nitro benzene ring substituents is 1. The number of fused-ring (bicyclic) bond motifs is 1. The lowest BCUT2D eigenvalue weighted by Gasteiger charge is -2.23. The van der Waals surface area contributed by atoms with Gasteiger partial charge in [-0.05, 0) is 36.1 Å². The number of hydrogen-bond donors (Lipinski definition) is 0. The summed E-state index contributed by atoms with van der Waals surface area (Å²) in [5.41, 5.74) is 1.44. The van der Waals surface area contributed by atoms with Crippen LogP contribution in [0.2, 0.25) is 0 Å². The summed E-state index contributed by atoms with van der Waals surface area (Å²) in [6.07, 6.45) is 1.50. The topological polar surface area (TPSA) is 104 Å². The molecule has 0 saturated carbocycles. The fraction of sp³-hybridized carbons (Fsp3) is 0.115. The first kappa shape index (κ1) is 23.6. The maximum Gasteiger partial charge on any atom is 0.338 e. The number of thiophene rings is 1. The molecule has 10 heteroatoms. The lowest BCUT2D eigenvalue weighted by molar-refractivity contribution is -0.385. The number of carbonyl (C=O) groups is 1. The van der Waals surface area contributed by atoms with E-state index in [2.05, 4.69) is 4.99 Å². The molecule has 0 spiro atoms. The van der Waals surface area contributed by atoms with Crippen molar-refractivity contribution in [2.45, 2.75) is 19.6 Å². The summed E-state index contributed by atoms with van der Waals surface area (Å²) in [6.45, 7) is 1.81. The van der Waals surface area contributed by atoms with Crippen LogP contribution in [0.4, 0.5) is 5.69 Å². The summed E-state index contributed by atoms with van der Waals surface area (Å²) in [7, 11) is 0. The van der Waals surface area contributed by atoms with E-state index in [0.717, 1.165) is 21.8 Å². The third-order valence-corrected chi connectivity index (χ3v) is 7.59. The molecular formula is C26H19N3O5S2. The SMILES string of the molecule is CC1=C(C(=O)OCc2ccccc2)[C@@H](c2cccs2)n2c(s/c(=C/c3ccccc3[N+](=O)[O-])c2=O)=N1. The largest absolute Gasteiger partial charge is 0.457 e. The Morgan fingerprint density at radius 2 is 1.89 bits per heavy atom. The lowest BCUT2D eigenvalue weighted by atomic mass is 10.0. The van der Waals surface area contributed by atoms with Crippen LogP contribution in [-0.4, -0.2) is 15.5 Å². The zero-order valence-corrected chi connectivity index (χ0v) is 20.6. The summed E-state index contributed by atoms with van der Waals surface area (Å²) >= 11 is 2.55. The van der Waals surface area contributed by atoms with Crippen LogP contribution in [-0.2, 0) is 16.1 Å². The van der Waals surface area contributed by atoms with Crippen molar-refractivity contribution < 1.29 is 14.5 Å². The second-order valence-electron chi connectivity index (χ2n) is 7.97. The minimum absolute atomic E-state index is 0.0930. The smallest absolute Gasteiger partial charge is 0.338 e. The highest BCUT2D eigenvalue weighted by atomic mass is 32.1. The van der Waals surface area contributed by atoms with Crippen molar-refractivity contribution in [3.8, 4) is 0 Å². The quantitative estimate of drug-likeness (QED) is 0.219. The number of para-hydroxylation sites is 1. The van der Waals surface area contributed by atoms with E-state index >= 15 is 0 Å². The lowest BCUT2D eigenvalue weighted by Crippen LogP contribution is -2.39. The maximum absolute atomic E-state index is 13.6. The van der Waals surface area contributed by atoms with E-state index in [0.29, 0.717) is 16.1 Å². The van der Waals surface area contributed by atoms with Crippen molar-refractivity contribution >= 4 is 40.4 Å². The van der Waals surface area contributed by atoms with Gasteiger partial charge in [-0.2, -0.15) is 0 Å². The Bertz CT molecular complexity index is 1670. The number of aromatic nitrogens is 1. The molecule has 3 heterocycles. The molecule has 0 unspecified atom stereocenters. The summed E-state index contributed by atoms with van der Waals surface area (Å²) in [6, 6.07) is 18.6. The standard InChI is InChI=1S/C26H19N3O5S2/c1-16-22(25(31)34-15-17-8-3-2-4-9-17)23(20-12-7-13-35-20)28-24(30)21(36-26(28)27-16)14-18-10-5-6-11-19(18)29(32)33/h2-14,23H,15H2,1H3/b21-14+/t23-/m1/s1. The number of thiazole rings is 1. The van der Waals surface area contributed by atoms with Gasteiger partial charge >= 0.3 is 5.97 Å². The van der Waals surface area contributed by atoms with Crippen LogP contribution in [0, 0.1) is 10.1 Å². The van der Waals surface area contributed by atoms with Gasteiger partial charge in [-0.1, -0.05) is 59.9 Å². The first-order chi connectivity index (χ1) is 17.4. The molecule has 0 amide bonds. The van der Waals surface area contributed by atoms with Gasteiger partial charge in [0.1, 0.15) is 12.6 Å². The van der Waals surface area contributed by atoms with Gasteiger partial charge in [0.2, 0.25) is 0 Å². The number of nitro groups is 1. The summed E-state index contributed by atoms with van der Waals surface area (Å²) in [5.74, 6) is -0.550. The molecule has 0 N–H and O–H groups in total. The molecule has 2 aromatic heterocycles. The number of benzene rings is 2. The molecule has 5 rings (SSSR count). The number of nitrogens with zero attached hydrogens (tertiary/aromatic N) is 3. The number of esters is 1. The van der Waals surface area contributed by atoms with Crippen molar-refractivity contribution in [2.75, 3.05) is 0 Å². The average Bonchev–Trinajstić information content (AvgIpc) is 3.51. The van der Waals surface area contributed by atoms with E-state index in [1.54, 1.807) is 25.1 Å². The monoisotopic (exact) mass is 517 g/mol. The van der Waals surface area contributed by atoms with Gasteiger partial charge in [-0.25, -0.2) is 9.79 Å². The van der Waals surface area contributed by atoms with E-state index in [9.17, 15) is 19.7 Å². The maximum atomic E-state index is 13.6. The molecule has 0 bridgehead atoms. The van der Waals surface area contributed by atoms with Crippen molar-refractivity contribution in [3.63, 3.8) is 0 Å². The first-order valence-electron chi connectivity index (χ1n) is 10.9. The van der Waals surface area contributed by atoms with E-state index < -0.39 is 16.9 Å². The molecule has 8 nitrogen and oxygen atoms in total. The zero-order valence-electron chi connectivity index (χ0n) is 19.0. The van der Waals surface area contributed by atoms with Crippen LogP contribution < -0.4 is 14.9 Å². The number of rotatable bonds is 6. The molecule has 180 valence electrons. The second-order valence-corrected chi connectivity index (χ2v) is 9.96. The van der Waals surface area contributed by atoms with Crippen molar-refractivity contribution in [3.05, 3.63) is 129 Å². The van der Waals surface area contributed by atoms with Crippen molar-refractivity contribution in [2.24, 2.45) is 4.99 Å². The molecule has 2 aromatic carbocycles. The Balaban J connectivity index is 1.61. The Hall–Kier alpha value is -4.15. The first-order valence-corrected chi connectivity index (χ1v) is 12.6. The molecule has 1 aliphatic rings. The van der Waals surface area contributed by atoms with Crippen LogP contribution in [0.1, 0.15) is 29.0 Å². The Morgan fingerprint density at radius 3 is 2.61 bits per heavy atom. The Morgan fingerprint density at radius 1 is 1.14 bits per heavy atom. The van der Waals surface area contributed by atoms with Gasteiger partial charge in [-0.3, -0.25) is 19.5 Å². The van der Waals surface area contributed by atoms with E-state index in [4.69, 9.17) is 4.74 Å².